The van der Waals surface area contributed by atoms with Crippen molar-refractivity contribution in [2.45, 2.75) is 32.4 Å². The molecule has 2 aromatic heterocycles. The maximum Gasteiger partial charge on any atom is 0.258 e. The second kappa shape index (κ2) is 5.42. The Balaban J connectivity index is 1.75. The molecular formula is C20H17ClN4O. The molecule has 0 atom stereocenters. The number of rotatable bonds is 2. The van der Waals surface area contributed by atoms with Gasteiger partial charge >= 0.3 is 0 Å². The first-order chi connectivity index (χ1) is 12.5. The molecule has 1 aliphatic carbocycles. The Morgan fingerprint density at radius 2 is 1.96 bits per heavy atom. The number of aromatic nitrogens is 2. The number of nitrogens with zero attached hydrogens (tertiary/aromatic N) is 3. The maximum absolute atomic E-state index is 12.8. The van der Waals surface area contributed by atoms with Crippen LogP contribution in [0.1, 0.15) is 34.6 Å². The highest BCUT2D eigenvalue weighted by Crippen LogP contribution is 2.40. The summed E-state index contributed by atoms with van der Waals surface area (Å²) in [7, 11) is 0. The lowest BCUT2D eigenvalue weighted by Crippen LogP contribution is -2.26. The summed E-state index contributed by atoms with van der Waals surface area (Å²) in [5, 5.41) is 1.22. The number of para-hydroxylation sites is 1. The van der Waals surface area contributed by atoms with Crippen molar-refractivity contribution in [2.24, 2.45) is 0 Å². The van der Waals surface area contributed by atoms with E-state index in [2.05, 4.69) is 4.98 Å². The number of carbonyl (C=O) groups excluding carboxylic acids is 1. The van der Waals surface area contributed by atoms with Crippen LogP contribution in [0.5, 0.6) is 0 Å². The molecule has 1 fully saturated rings. The number of fused-ring (bicyclic) bond motifs is 2. The van der Waals surface area contributed by atoms with Gasteiger partial charge in [0.25, 0.3) is 5.91 Å². The minimum atomic E-state index is 0.00911. The van der Waals surface area contributed by atoms with Gasteiger partial charge < -0.3 is 10.6 Å². The summed E-state index contributed by atoms with van der Waals surface area (Å²) in [6.07, 6.45) is 2.13. The van der Waals surface area contributed by atoms with Crippen LogP contribution in [-0.2, 0) is 6.54 Å². The fraction of sp³-hybridized carbons (Fsp3) is 0.250. The Morgan fingerprint density at radius 1 is 1.15 bits per heavy atom. The summed E-state index contributed by atoms with van der Waals surface area (Å²) in [4.78, 5) is 23.8. The van der Waals surface area contributed by atoms with Crippen molar-refractivity contribution in [3.63, 3.8) is 0 Å². The molecule has 0 radical (unpaired) electrons. The third-order valence-corrected chi connectivity index (χ3v) is 5.48. The van der Waals surface area contributed by atoms with E-state index in [4.69, 9.17) is 22.3 Å². The first kappa shape index (κ1) is 15.6. The molecule has 2 N–H and O–H groups in total. The van der Waals surface area contributed by atoms with Gasteiger partial charge in [-0.2, -0.15) is 0 Å². The number of carbonyl (C=O) groups is 1. The van der Waals surface area contributed by atoms with E-state index in [0.717, 1.165) is 46.3 Å². The molecule has 6 heteroatoms. The lowest BCUT2D eigenvalue weighted by atomic mass is 10.00. The van der Waals surface area contributed by atoms with Crippen LogP contribution in [-0.4, -0.2) is 26.8 Å². The minimum Gasteiger partial charge on any atom is -0.397 e. The van der Waals surface area contributed by atoms with Crippen LogP contribution in [0.15, 0.2) is 30.3 Å². The van der Waals surface area contributed by atoms with E-state index in [-0.39, 0.29) is 5.91 Å². The van der Waals surface area contributed by atoms with Crippen LogP contribution in [0, 0.1) is 6.92 Å². The van der Waals surface area contributed by atoms with E-state index >= 15 is 0 Å². The SMILES string of the molecule is Cc1ccc(-c2cccc3c(N)c4c(nc23)CN(C2CC2)C4=O)c(Cl)n1. The van der Waals surface area contributed by atoms with Gasteiger partial charge in [0.1, 0.15) is 5.15 Å². The van der Waals surface area contributed by atoms with Crippen LogP contribution in [0.25, 0.3) is 22.0 Å². The van der Waals surface area contributed by atoms with Crippen LogP contribution in [0.2, 0.25) is 5.15 Å². The van der Waals surface area contributed by atoms with E-state index in [1.54, 1.807) is 0 Å². The molecule has 1 amide bonds. The highest BCUT2D eigenvalue weighted by molar-refractivity contribution is 6.32. The van der Waals surface area contributed by atoms with Crippen molar-refractivity contribution in [3.05, 3.63) is 52.4 Å². The van der Waals surface area contributed by atoms with Crippen LogP contribution >= 0.6 is 11.6 Å². The highest BCUT2D eigenvalue weighted by atomic mass is 35.5. The van der Waals surface area contributed by atoms with Crippen LogP contribution < -0.4 is 5.73 Å². The molecule has 3 aromatic rings. The topological polar surface area (TPSA) is 72.1 Å². The maximum atomic E-state index is 12.8. The number of nitrogen functional groups attached to an aromatic ring is 1. The first-order valence-corrected chi connectivity index (χ1v) is 9.08. The number of pyridine rings is 2. The number of nitrogens with two attached hydrogens (primary N) is 1. The third kappa shape index (κ3) is 2.20. The van der Waals surface area contributed by atoms with E-state index in [9.17, 15) is 4.79 Å². The van der Waals surface area contributed by atoms with Crippen LogP contribution in [0.4, 0.5) is 5.69 Å². The Kier molecular flexibility index (Phi) is 3.25. The average Bonchev–Trinajstić information content (AvgIpc) is 3.39. The zero-order valence-electron chi connectivity index (χ0n) is 14.3. The summed E-state index contributed by atoms with van der Waals surface area (Å²) in [6.45, 7) is 2.44. The second-order valence-electron chi connectivity index (χ2n) is 7.00. The molecule has 26 heavy (non-hydrogen) atoms. The fourth-order valence-electron chi connectivity index (χ4n) is 3.72. The van der Waals surface area contributed by atoms with Crippen molar-refractivity contribution in [3.8, 4) is 11.1 Å². The van der Waals surface area contributed by atoms with Gasteiger partial charge in [0, 0.05) is 28.2 Å². The molecule has 1 saturated carbocycles. The zero-order valence-corrected chi connectivity index (χ0v) is 15.0. The standard InChI is InChI=1S/C20H17ClN4O/c1-10-5-8-13(19(21)23-10)12-3-2-4-14-17(22)16-15(24-18(12)14)9-25(20(16)26)11-6-7-11/h2-5,8,11H,6-7,9H2,1H3,(H2,22,24). The summed E-state index contributed by atoms with van der Waals surface area (Å²) in [5.74, 6) is 0.00911. The number of aryl methyl sites for hydroxylation is 1. The van der Waals surface area contributed by atoms with E-state index in [0.29, 0.717) is 29.0 Å². The van der Waals surface area contributed by atoms with Gasteiger partial charge in [-0.05, 0) is 31.9 Å². The van der Waals surface area contributed by atoms with Gasteiger partial charge in [-0.15, -0.1) is 0 Å². The molecular weight excluding hydrogens is 348 g/mol. The molecule has 3 heterocycles. The van der Waals surface area contributed by atoms with Gasteiger partial charge in [-0.25, -0.2) is 9.97 Å². The number of anilines is 1. The molecule has 0 saturated heterocycles. The lowest BCUT2D eigenvalue weighted by molar-refractivity contribution is 0.0767. The summed E-state index contributed by atoms with van der Waals surface area (Å²) >= 11 is 6.39. The molecule has 0 spiro atoms. The summed E-state index contributed by atoms with van der Waals surface area (Å²) in [6, 6.07) is 10.0. The van der Waals surface area contributed by atoms with Crippen molar-refractivity contribution >= 4 is 34.1 Å². The Labute approximate surface area is 155 Å². The van der Waals surface area contributed by atoms with Gasteiger partial charge in [0.05, 0.1) is 29.0 Å². The lowest BCUT2D eigenvalue weighted by Gasteiger charge is -2.13. The van der Waals surface area contributed by atoms with E-state index in [1.807, 2.05) is 42.2 Å². The van der Waals surface area contributed by atoms with Crippen molar-refractivity contribution in [1.82, 2.24) is 14.9 Å². The smallest absolute Gasteiger partial charge is 0.258 e. The first-order valence-electron chi connectivity index (χ1n) is 8.70. The Bertz CT molecular complexity index is 1090. The number of benzene rings is 1. The number of amides is 1. The van der Waals surface area contributed by atoms with Crippen LogP contribution in [0.3, 0.4) is 0 Å². The van der Waals surface area contributed by atoms with Crippen molar-refractivity contribution in [1.29, 1.82) is 0 Å². The number of hydrogen-bond acceptors (Lipinski definition) is 4. The minimum absolute atomic E-state index is 0.00911. The number of hydrogen-bond donors (Lipinski definition) is 1. The monoisotopic (exact) mass is 364 g/mol. The molecule has 5 rings (SSSR count). The summed E-state index contributed by atoms with van der Waals surface area (Å²) < 4.78 is 0. The second-order valence-corrected chi connectivity index (χ2v) is 7.36. The molecule has 130 valence electrons. The number of halogens is 1. The molecule has 0 unspecified atom stereocenters. The third-order valence-electron chi connectivity index (χ3n) is 5.19. The van der Waals surface area contributed by atoms with Gasteiger partial charge in [0.2, 0.25) is 0 Å². The van der Waals surface area contributed by atoms with Gasteiger partial charge in [-0.3, -0.25) is 4.79 Å². The van der Waals surface area contributed by atoms with Crippen molar-refractivity contribution < 1.29 is 4.79 Å². The quantitative estimate of drug-likeness (QED) is 0.698. The molecule has 1 aliphatic heterocycles. The largest absolute Gasteiger partial charge is 0.397 e. The van der Waals surface area contributed by atoms with E-state index < -0.39 is 0 Å². The Hall–Kier alpha value is -2.66. The predicted octanol–water partition coefficient (Wildman–Crippen LogP) is 3.96. The van der Waals surface area contributed by atoms with Gasteiger partial charge in [-0.1, -0.05) is 29.8 Å². The summed E-state index contributed by atoms with van der Waals surface area (Å²) in [5.41, 5.74) is 11.6. The van der Waals surface area contributed by atoms with Gasteiger partial charge in [0.15, 0.2) is 0 Å². The average molecular weight is 365 g/mol. The fourth-order valence-corrected chi connectivity index (χ4v) is 4.01. The molecule has 5 nitrogen and oxygen atoms in total. The predicted molar refractivity (Wildman–Crippen MR) is 102 cm³/mol. The van der Waals surface area contributed by atoms with E-state index in [1.165, 1.54) is 0 Å². The molecule has 0 bridgehead atoms. The molecule has 1 aromatic carbocycles. The highest BCUT2D eigenvalue weighted by Gasteiger charge is 2.40. The van der Waals surface area contributed by atoms with Crippen molar-refractivity contribution in [2.75, 3.05) is 5.73 Å². The molecule has 2 aliphatic rings. The Morgan fingerprint density at radius 3 is 2.69 bits per heavy atom. The normalized spacial score (nSPS) is 16.4. The zero-order chi connectivity index (χ0) is 18.0.